The second-order valence-corrected chi connectivity index (χ2v) is 2.91. The van der Waals surface area contributed by atoms with Gasteiger partial charge in [0.05, 0.1) is 13.2 Å². The first-order chi connectivity index (χ1) is 6.76. The molecule has 0 spiro atoms. The van der Waals surface area contributed by atoms with Gasteiger partial charge in [0.2, 0.25) is 0 Å². The number of nitrogens with one attached hydrogen (secondary N) is 1. The molecule has 0 radical (unpaired) electrons. The molecule has 14 heavy (non-hydrogen) atoms. The van der Waals surface area contributed by atoms with Crippen LogP contribution in [0.2, 0.25) is 0 Å². The van der Waals surface area contributed by atoms with Gasteiger partial charge in [0.25, 0.3) is 0 Å². The number of ether oxygens (including phenoxy) is 1. The van der Waals surface area contributed by atoms with Crippen LogP contribution < -0.4 is 10.1 Å². The smallest absolute Gasteiger partial charge is 0.119 e. The van der Waals surface area contributed by atoms with Crippen molar-refractivity contribution in [1.29, 1.82) is 0 Å². The van der Waals surface area contributed by atoms with E-state index in [1.54, 1.807) is 7.11 Å². The molecular formula is C11H15NO2. The molecule has 1 unspecified atom stereocenters. The lowest BCUT2D eigenvalue weighted by Crippen LogP contribution is -2.16. The van der Waals surface area contributed by atoms with Gasteiger partial charge in [-0.1, -0.05) is 6.08 Å². The highest BCUT2D eigenvalue weighted by Crippen LogP contribution is 2.14. The lowest BCUT2D eigenvalue weighted by atomic mass is 10.3. The third-order valence-corrected chi connectivity index (χ3v) is 1.88. The van der Waals surface area contributed by atoms with E-state index in [0.29, 0.717) is 6.54 Å². The van der Waals surface area contributed by atoms with E-state index in [1.807, 2.05) is 24.3 Å². The summed E-state index contributed by atoms with van der Waals surface area (Å²) in [5, 5.41) is 12.3. The van der Waals surface area contributed by atoms with E-state index in [4.69, 9.17) is 4.74 Å². The molecular weight excluding hydrogens is 178 g/mol. The van der Waals surface area contributed by atoms with Gasteiger partial charge < -0.3 is 15.2 Å². The number of hydrogen-bond donors (Lipinski definition) is 2. The highest BCUT2D eigenvalue weighted by atomic mass is 16.5. The van der Waals surface area contributed by atoms with Crippen molar-refractivity contribution in [2.24, 2.45) is 0 Å². The van der Waals surface area contributed by atoms with Gasteiger partial charge in [-0.3, -0.25) is 0 Å². The Morgan fingerprint density at radius 1 is 1.50 bits per heavy atom. The predicted molar refractivity (Wildman–Crippen MR) is 57.7 cm³/mol. The quantitative estimate of drug-likeness (QED) is 0.699. The summed E-state index contributed by atoms with van der Waals surface area (Å²) in [6, 6.07) is 7.52. The summed E-state index contributed by atoms with van der Waals surface area (Å²) in [6.45, 7) is 3.96. The van der Waals surface area contributed by atoms with Gasteiger partial charge in [0.15, 0.2) is 0 Å². The molecule has 3 nitrogen and oxygen atoms in total. The third kappa shape index (κ3) is 3.11. The lowest BCUT2D eigenvalue weighted by Gasteiger charge is -2.09. The van der Waals surface area contributed by atoms with Crippen LogP contribution in [0.4, 0.5) is 5.69 Å². The molecule has 0 fully saturated rings. The minimum absolute atomic E-state index is 0.468. The van der Waals surface area contributed by atoms with Crippen LogP contribution in [0.15, 0.2) is 36.9 Å². The van der Waals surface area contributed by atoms with Crippen molar-refractivity contribution in [3.63, 3.8) is 0 Å². The van der Waals surface area contributed by atoms with Gasteiger partial charge in [-0.15, -0.1) is 6.58 Å². The fourth-order valence-electron chi connectivity index (χ4n) is 1.01. The predicted octanol–water partition coefficient (Wildman–Crippen LogP) is 1.65. The van der Waals surface area contributed by atoms with Gasteiger partial charge in [-0.05, 0) is 24.3 Å². The van der Waals surface area contributed by atoms with Crippen molar-refractivity contribution in [2.45, 2.75) is 6.10 Å². The van der Waals surface area contributed by atoms with E-state index in [-0.39, 0.29) is 0 Å². The van der Waals surface area contributed by atoms with Gasteiger partial charge in [0.1, 0.15) is 5.75 Å². The maximum Gasteiger partial charge on any atom is 0.119 e. The van der Waals surface area contributed by atoms with Crippen molar-refractivity contribution < 1.29 is 9.84 Å². The Labute approximate surface area is 84.0 Å². The van der Waals surface area contributed by atoms with Crippen LogP contribution in [0, 0.1) is 0 Å². The van der Waals surface area contributed by atoms with E-state index >= 15 is 0 Å². The van der Waals surface area contributed by atoms with Crippen LogP contribution in [0.5, 0.6) is 5.75 Å². The zero-order valence-electron chi connectivity index (χ0n) is 8.23. The van der Waals surface area contributed by atoms with E-state index < -0.39 is 6.10 Å². The molecule has 0 saturated carbocycles. The number of methoxy groups -OCH3 is 1. The Bertz CT molecular complexity index is 282. The molecule has 0 aromatic heterocycles. The molecule has 0 aliphatic heterocycles. The topological polar surface area (TPSA) is 41.5 Å². The Balaban J connectivity index is 2.47. The summed E-state index contributed by atoms with van der Waals surface area (Å²) in [7, 11) is 1.63. The standard InChI is InChI=1S/C11H15NO2/c1-3-10(13)8-12-9-4-6-11(14-2)7-5-9/h3-7,10,12-13H,1,8H2,2H3. The molecule has 0 amide bonds. The maximum atomic E-state index is 9.21. The number of aliphatic hydroxyl groups is 1. The second kappa shape index (κ2) is 5.29. The number of rotatable bonds is 5. The summed E-state index contributed by atoms with van der Waals surface area (Å²) >= 11 is 0. The van der Waals surface area contributed by atoms with Gasteiger partial charge in [-0.2, -0.15) is 0 Å². The molecule has 1 aromatic rings. The van der Waals surface area contributed by atoms with Crippen LogP contribution in [-0.2, 0) is 0 Å². The highest BCUT2D eigenvalue weighted by molar-refractivity contribution is 5.46. The van der Waals surface area contributed by atoms with Crippen LogP contribution in [-0.4, -0.2) is 24.9 Å². The van der Waals surface area contributed by atoms with Crippen molar-refractivity contribution >= 4 is 5.69 Å². The second-order valence-electron chi connectivity index (χ2n) is 2.91. The molecule has 76 valence electrons. The molecule has 0 aliphatic carbocycles. The Kier molecular flexibility index (Phi) is 4.01. The van der Waals surface area contributed by atoms with E-state index in [1.165, 1.54) is 6.08 Å². The van der Waals surface area contributed by atoms with E-state index in [2.05, 4.69) is 11.9 Å². The summed E-state index contributed by atoms with van der Waals surface area (Å²) in [5.74, 6) is 0.819. The fraction of sp³-hybridized carbons (Fsp3) is 0.273. The largest absolute Gasteiger partial charge is 0.497 e. The Hall–Kier alpha value is -1.48. The summed E-state index contributed by atoms with van der Waals surface area (Å²) in [5.41, 5.74) is 0.951. The van der Waals surface area contributed by atoms with E-state index in [9.17, 15) is 5.11 Å². The first-order valence-electron chi connectivity index (χ1n) is 4.45. The molecule has 0 saturated heterocycles. The SMILES string of the molecule is C=CC(O)CNc1ccc(OC)cc1. The monoisotopic (exact) mass is 193 g/mol. The zero-order valence-corrected chi connectivity index (χ0v) is 8.23. The first kappa shape index (κ1) is 10.6. The highest BCUT2D eigenvalue weighted by Gasteiger charge is 1.97. The zero-order chi connectivity index (χ0) is 10.4. The number of anilines is 1. The molecule has 2 N–H and O–H groups in total. The molecule has 0 heterocycles. The van der Waals surface area contributed by atoms with Crippen molar-refractivity contribution in [1.82, 2.24) is 0 Å². The van der Waals surface area contributed by atoms with Crippen molar-refractivity contribution in [3.8, 4) is 5.75 Å². The number of hydrogen-bond acceptors (Lipinski definition) is 3. The molecule has 1 atom stereocenters. The average Bonchev–Trinajstić information content (AvgIpc) is 2.26. The fourth-order valence-corrected chi connectivity index (χ4v) is 1.01. The lowest BCUT2D eigenvalue weighted by molar-refractivity contribution is 0.237. The average molecular weight is 193 g/mol. The Morgan fingerprint density at radius 3 is 2.64 bits per heavy atom. The molecule has 1 aromatic carbocycles. The molecule has 1 rings (SSSR count). The summed E-state index contributed by atoms with van der Waals surface area (Å²) in [4.78, 5) is 0. The van der Waals surface area contributed by atoms with Crippen molar-refractivity contribution in [2.75, 3.05) is 19.0 Å². The summed E-state index contributed by atoms with van der Waals surface area (Å²) < 4.78 is 5.02. The molecule has 3 heteroatoms. The third-order valence-electron chi connectivity index (χ3n) is 1.88. The van der Waals surface area contributed by atoms with Crippen LogP contribution in [0.3, 0.4) is 0 Å². The van der Waals surface area contributed by atoms with Gasteiger partial charge >= 0.3 is 0 Å². The first-order valence-corrected chi connectivity index (χ1v) is 4.45. The van der Waals surface area contributed by atoms with Crippen LogP contribution in [0.25, 0.3) is 0 Å². The van der Waals surface area contributed by atoms with Crippen LogP contribution >= 0.6 is 0 Å². The number of benzene rings is 1. The summed E-state index contributed by atoms with van der Waals surface area (Å²) in [6.07, 6.45) is 0.980. The minimum atomic E-state index is -0.517. The maximum absolute atomic E-state index is 9.21. The van der Waals surface area contributed by atoms with Crippen molar-refractivity contribution in [3.05, 3.63) is 36.9 Å². The van der Waals surface area contributed by atoms with Gasteiger partial charge in [-0.25, -0.2) is 0 Å². The normalized spacial score (nSPS) is 11.9. The van der Waals surface area contributed by atoms with Crippen LogP contribution in [0.1, 0.15) is 0 Å². The Morgan fingerprint density at radius 2 is 2.14 bits per heavy atom. The van der Waals surface area contributed by atoms with Gasteiger partial charge in [0, 0.05) is 12.2 Å². The molecule has 0 aliphatic rings. The van der Waals surface area contributed by atoms with E-state index in [0.717, 1.165) is 11.4 Å². The number of aliphatic hydroxyl groups excluding tert-OH is 1. The molecule has 0 bridgehead atoms. The minimum Gasteiger partial charge on any atom is -0.497 e.